The quantitative estimate of drug-likeness (QED) is 0.825. The SMILES string of the molecule is CN(C)c1ccc(NS(=O)(=O)CCl)cc1. The summed E-state index contributed by atoms with van der Waals surface area (Å²) in [5, 5.41) is -0.442. The number of hydrogen-bond donors (Lipinski definition) is 1. The van der Waals surface area contributed by atoms with Gasteiger partial charge in [-0.2, -0.15) is 0 Å². The van der Waals surface area contributed by atoms with Crippen LogP contribution in [0.4, 0.5) is 11.4 Å². The highest BCUT2D eigenvalue weighted by Gasteiger charge is 2.07. The van der Waals surface area contributed by atoms with Crippen LogP contribution in [0.2, 0.25) is 0 Å². The molecule has 0 fully saturated rings. The predicted molar refractivity (Wildman–Crippen MR) is 64.0 cm³/mol. The molecule has 6 heteroatoms. The Kier molecular flexibility index (Phi) is 3.82. The lowest BCUT2D eigenvalue weighted by atomic mass is 10.3. The van der Waals surface area contributed by atoms with Crippen molar-refractivity contribution in [2.24, 2.45) is 0 Å². The Morgan fingerprint density at radius 1 is 1.27 bits per heavy atom. The maximum Gasteiger partial charge on any atom is 0.246 e. The van der Waals surface area contributed by atoms with Crippen LogP contribution in [0, 0.1) is 0 Å². The molecule has 4 nitrogen and oxygen atoms in total. The highest BCUT2D eigenvalue weighted by molar-refractivity contribution is 7.93. The molecule has 15 heavy (non-hydrogen) atoms. The van der Waals surface area contributed by atoms with Crippen LogP contribution < -0.4 is 9.62 Å². The molecule has 0 aromatic heterocycles. The number of hydrogen-bond acceptors (Lipinski definition) is 3. The summed E-state index contributed by atoms with van der Waals surface area (Å²) in [4.78, 5) is 1.93. The summed E-state index contributed by atoms with van der Waals surface area (Å²) in [6.45, 7) is 0. The van der Waals surface area contributed by atoms with Gasteiger partial charge in [0.05, 0.1) is 0 Å². The summed E-state index contributed by atoms with van der Waals surface area (Å²) in [6, 6.07) is 7.04. The van der Waals surface area contributed by atoms with Gasteiger partial charge >= 0.3 is 0 Å². The molecule has 0 bridgehead atoms. The highest BCUT2D eigenvalue weighted by atomic mass is 35.5. The molecular weight excluding hydrogens is 236 g/mol. The van der Waals surface area contributed by atoms with Gasteiger partial charge in [-0.1, -0.05) is 0 Å². The van der Waals surface area contributed by atoms with Gasteiger partial charge in [-0.05, 0) is 24.3 Å². The van der Waals surface area contributed by atoms with Crippen molar-refractivity contribution >= 4 is 33.0 Å². The monoisotopic (exact) mass is 248 g/mol. The number of alkyl halides is 1. The first-order valence-electron chi connectivity index (χ1n) is 4.28. The molecule has 1 aromatic carbocycles. The topological polar surface area (TPSA) is 49.4 Å². The van der Waals surface area contributed by atoms with Crippen molar-refractivity contribution in [3.63, 3.8) is 0 Å². The molecule has 0 saturated heterocycles. The van der Waals surface area contributed by atoms with E-state index in [1.807, 2.05) is 31.1 Å². The Morgan fingerprint density at radius 2 is 1.80 bits per heavy atom. The van der Waals surface area contributed by atoms with Crippen molar-refractivity contribution in [3.8, 4) is 0 Å². The van der Waals surface area contributed by atoms with Crippen LogP contribution in [0.3, 0.4) is 0 Å². The van der Waals surface area contributed by atoms with Gasteiger partial charge in [0.2, 0.25) is 10.0 Å². The summed E-state index contributed by atoms with van der Waals surface area (Å²) >= 11 is 5.27. The maximum absolute atomic E-state index is 11.1. The fraction of sp³-hybridized carbons (Fsp3) is 0.333. The van der Waals surface area contributed by atoms with Gasteiger partial charge in [-0.15, -0.1) is 11.6 Å². The standard InChI is InChI=1S/C9H13ClN2O2S/c1-12(2)9-5-3-8(4-6-9)11-15(13,14)7-10/h3-6,11H,7H2,1-2H3. The predicted octanol–water partition coefficient (Wildman–Crippen LogP) is 1.69. The molecule has 1 rings (SSSR count). The Morgan fingerprint density at radius 3 is 2.20 bits per heavy atom. The van der Waals surface area contributed by atoms with Crippen LogP contribution in [0.15, 0.2) is 24.3 Å². The zero-order valence-corrected chi connectivity index (χ0v) is 10.1. The van der Waals surface area contributed by atoms with Crippen molar-refractivity contribution in [2.75, 3.05) is 28.9 Å². The van der Waals surface area contributed by atoms with Crippen molar-refractivity contribution < 1.29 is 8.42 Å². The smallest absolute Gasteiger partial charge is 0.246 e. The first-order chi connectivity index (χ1) is 6.94. The van der Waals surface area contributed by atoms with E-state index in [1.165, 1.54) is 0 Å². The average Bonchev–Trinajstić information content (AvgIpc) is 2.18. The zero-order valence-electron chi connectivity index (χ0n) is 8.57. The minimum absolute atomic E-state index is 0.442. The van der Waals surface area contributed by atoms with Gasteiger partial charge in [0.1, 0.15) is 5.21 Å². The van der Waals surface area contributed by atoms with Gasteiger partial charge in [0.25, 0.3) is 0 Å². The van der Waals surface area contributed by atoms with E-state index in [0.717, 1.165) is 5.69 Å². The maximum atomic E-state index is 11.1. The van der Waals surface area contributed by atoms with E-state index in [-0.39, 0.29) is 0 Å². The molecule has 0 aliphatic heterocycles. The first-order valence-corrected chi connectivity index (χ1v) is 6.47. The van der Waals surface area contributed by atoms with Gasteiger partial charge in [-0.3, -0.25) is 4.72 Å². The molecule has 0 amide bonds. The van der Waals surface area contributed by atoms with E-state index in [1.54, 1.807) is 12.1 Å². The van der Waals surface area contributed by atoms with Crippen LogP contribution in [-0.2, 0) is 10.0 Å². The zero-order chi connectivity index (χ0) is 11.5. The molecule has 0 aliphatic rings. The van der Waals surface area contributed by atoms with Gasteiger partial charge in [0.15, 0.2) is 0 Å². The summed E-state index contributed by atoms with van der Waals surface area (Å²) in [7, 11) is 0.425. The summed E-state index contributed by atoms with van der Waals surface area (Å²) in [6.07, 6.45) is 0. The number of benzene rings is 1. The van der Waals surface area contributed by atoms with E-state index < -0.39 is 15.2 Å². The van der Waals surface area contributed by atoms with Crippen molar-refractivity contribution in [2.45, 2.75) is 0 Å². The third kappa shape index (κ3) is 3.60. The molecule has 0 radical (unpaired) electrons. The summed E-state index contributed by atoms with van der Waals surface area (Å²) < 4.78 is 24.6. The largest absolute Gasteiger partial charge is 0.378 e. The Hall–Kier alpha value is -0.940. The van der Waals surface area contributed by atoms with Crippen molar-refractivity contribution in [1.82, 2.24) is 0 Å². The molecule has 0 atom stereocenters. The van der Waals surface area contributed by atoms with Crippen molar-refractivity contribution in [3.05, 3.63) is 24.3 Å². The lowest BCUT2D eigenvalue weighted by molar-refractivity contribution is 0.605. The Balaban J connectivity index is 2.82. The minimum atomic E-state index is -3.40. The van der Waals surface area contributed by atoms with Crippen LogP contribution in [0.25, 0.3) is 0 Å². The molecule has 1 N–H and O–H groups in total. The third-order valence-electron chi connectivity index (χ3n) is 1.80. The molecule has 0 heterocycles. The number of nitrogens with zero attached hydrogens (tertiary/aromatic N) is 1. The van der Waals surface area contributed by atoms with Gasteiger partial charge in [-0.25, -0.2) is 8.42 Å². The first kappa shape index (κ1) is 12.1. The summed E-state index contributed by atoms with van der Waals surface area (Å²) in [5.41, 5.74) is 1.52. The fourth-order valence-electron chi connectivity index (χ4n) is 1.03. The van der Waals surface area contributed by atoms with E-state index in [4.69, 9.17) is 11.6 Å². The number of anilines is 2. The van der Waals surface area contributed by atoms with E-state index in [2.05, 4.69) is 4.72 Å². The van der Waals surface area contributed by atoms with Crippen molar-refractivity contribution in [1.29, 1.82) is 0 Å². The molecule has 84 valence electrons. The second-order valence-electron chi connectivity index (χ2n) is 3.27. The molecule has 1 aromatic rings. The molecule has 0 spiro atoms. The van der Waals surface area contributed by atoms with Crippen LogP contribution >= 0.6 is 11.6 Å². The summed E-state index contributed by atoms with van der Waals surface area (Å²) in [5.74, 6) is 0. The highest BCUT2D eigenvalue weighted by Crippen LogP contribution is 2.16. The fourth-order valence-corrected chi connectivity index (χ4v) is 1.75. The minimum Gasteiger partial charge on any atom is -0.378 e. The Bertz CT molecular complexity index is 414. The lowest BCUT2D eigenvalue weighted by Crippen LogP contribution is -2.13. The normalized spacial score (nSPS) is 11.1. The van der Waals surface area contributed by atoms with E-state index in [9.17, 15) is 8.42 Å². The molecule has 0 aliphatic carbocycles. The third-order valence-corrected chi connectivity index (χ3v) is 3.50. The number of sulfonamides is 1. The number of halogens is 1. The van der Waals surface area contributed by atoms with E-state index >= 15 is 0 Å². The van der Waals surface area contributed by atoms with Gasteiger partial charge in [0, 0.05) is 25.5 Å². The second-order valence-corrected chi connectivity index (χ2v) is 5.57. The van der Waals surface area contributed by atoms with E-state index in [0.29, 0.717) is 5.69 Å². The average molecular weight is 249 g/mol. The molecule has 0 unspecified atom stereocenters. The van der Waals surface area contributed by atoms with Gasteiger partial charge < -0.3 is 4.90 Å². The Labute approximate surface area is 94.9 Å². The lowest BCUT2D eigenvalue weighted by Gasteiger charge is -2.13. The van der Waals surface area contributed by atoms with Crippen LogP contribution in [0.1, 0.15) is 0 Å². The second kappa shape index (κ2) is 4.72. The molecular formula is C9H13ClN2O2S. The number of rotatable bonds is 4. The molecule has 0 saturated carbocycles. The van der Waals surface area contributed by atoms with Crippen LogP contribution in [0.5, 0.6) is 0 Å². The van der Waals surface area contributed by atoms with Crippen LogP contribution in [-0.4, -0.2) is 27.7 Å². The number of nitrogens with one attached hydrogen (secondary N) is 1.